The molecule has 0 radical (unpaired) electrons. The molecule has 0 aliphatic heterocycles. The van der Waals surface area contributed by atoms with Gasteiger partial charge in [-0.25, -0.2) is 8.42 Å². The molecule has 84 valence electrons. The van der Waals surface area contributed by atoms with E-state index in [2.05, 4.69) is 0 Å². The van der Waals surface area contributed by atoms with Gasteiger partial charge < -0.3 is 10.6 Å². The highest BCUT2D eigenvalue weighted by atomic mass is 32.2. The van der Waals surface area contributed by atoms with Crippen LogP contribution in [0.25, 0.3) is 0 Å². The molecule has 0 aromatic heterocycles. The fraction of sp³-hybridized carbons (Fsp3) is 0.875. The predicted octanol–water partition coefficient (Wildman–Crippen LogP) is -0.773. The van der Waals surface area contributed by atoms with Crippen LogP contribution in [0.4, 0.5) is 0 Å². The van der Waals surface area contributed by atoms with Crippen molar-refractivity contribution < 1.29 is 13.2 Å². The number of sulfone groups is 1. The summed E-state index contributed by atoms with van der Waals surface area (Å²) in [6.07, 6.45) is 1.06. The van der Waals surface area contributed by atoms with E-state index in [9.17, 15) is 13.2 Å². The third kappa shape index (κ3) is 2.68. The van der Waals surface area contributed by atoms with Crippen LogP contribution in [0.2, 0.25) is 0 Å². The van der Waals surface area contributed by atoms with Crippen LogP contribution in [0.5, 0.6) is 0 Å². The molecule has 6 heteroatoms. The number of carbonyl (C=O) groups is 1. The first kappa shape index (κ1) is 13.4. The summed E-state index contributed by atoms with van der Waals surface area (Å²) < 4.78 is 21.3. The Labute approximate surface area is 85.2 Å². The summed E-state index contributed by atoms with van der Waals surface area (Å²) in [5.74, 6) is -0.426. The number of hydrogen-bond acceptors (Lipinski definition) is 4. The number of rotatable bonds is 4. The van der Waals surface area contributed by atoms with Gasteiger partial charge in [-0.15, -0.1) is 0 Å². The number of hydrogen-bond donors (Lipinski definition) is 1. The first-order valence-electron chi connectivity index (χ1n) is 4.30. The smallest absolute Gasteiger partial charge is 0.243 e. The van der Waals surface area contributed by atoms with E-state index in [0.717, 1.165) is 6.26 Å². The minimum Gasteiger partial charge on any atom is -0.343 e. The summed E-state index contributed by atoms with van der Waals surface area (Å²) in [5.41, 5.74) is 5.28. The average molecular weight is 222 g/mol. The summed E-state index contributed by atoms with van der Waals surface area (Å²) in [6.45, 7) is 3.48. The molecule has 0 atom stereocenters. The lowest BCUT2D eigenvalue weighted by Gasteiger charge is -2.27. The van der Waals surface area contributed by atoms with Crippen molar-refractivity contribution in [2.45, 2.75) is 18.6 Å². The molecule has 0 fully saturated rings. The number of nitrogens with two attached hydrogens (primary N) is 1. The number of amides is 1. The Morgan fingerprint density at radius 1 is 1.43 bits per heavy atom. The predicted molar refractivity (Wildman–Crippen MR) is 55.6 cm³/mol. The molecule has 5 nitrogen and oxygen atoms in total. The van der Waals surface area contributed by atoms with Crippen LogP contribution in [0.1, 0.15) is 13.8 Å². The van der Waals surface area contributed by atoms with E-state index < -0.39 is 20.5 Å². The Morgan fingerprint density at radius 3 is 2.14 bits per heavy atom. The van der Waals surface area contributed by atoms with E-state index in [4.69, 9.17) is 5.73 Å². The standard InChI is InChI=1S/C8H18N2O3S/c1-8(2,14(4,12)13)7(11)10(3)6-5-9/h5-6,9H2,1-4H3. The highest BCUT2D eigenvalue weighted by Gasteiger charge is 2.40. The Morgan fingerprint density at radius 2 is 1.86 bits per heavy atom. The molecule has 1 amide bonds. The molecule has 0 spiro atoms. The van der Waals surface area contributed by atoms with Gasteiger partial charge in [-0.2, -0.15) is 0 Å². The van der Waals surface area contributed by atoms with Gasteiger partial charge in [0.05, 0.1) is 0 Å². The zero-order chi connectivity index (χ0) is 11.6. The SMILES string of the molecule is CN(CCN)C(=O)C(C)(C)S(C)(=O)=O. The molecule has 0 aliphatic rings. The normalized spacial score (nSPS) is 12.6. The fourth-order valence-corrected chi connectivity index (χ4v) is 1.39. The van der Waals surface area contributed by atoms with Crippen molar-refractivity contribution in [3.05, 3.63) is 0 Å². The quantitative estimate of drug-likeness (QED) is 0.677. The highest BCUT2D eigenvalue weighted by molar-refractivity contribution is 7.92. The fourth-order valence-electron chi connectivity index (χ4n) is 0.913. The van der Waals surface area contributed by atoms with E-state index in [1.54, 1.807) is 7.05 Å². The summed E-state index contributed by atoms with van der Waals surface area (Å²) >= 11 is 0. The average Bonchev–Trinajstić information content (AvgIpc) is 2.01. The van der Waals surface area contributed by atoms with Crippen molar-refractivity contribution in [1.82, 2.24) is 4.90 Å². The molecular weight excluding hydrogens is 204 g/mol. The monoisotopic (exact) mass is 222 g/mol. The summed E-state index contributed by atoms with van der Waals surface area (Å²) in [6, 6.07) is 0. The lowest BCUT2D eigenvalue weighted by Crippen LogP contribution is -2.49. The second-order valence-electron chi connectivity index (χ2n) is 3.80. The van der Waals surface area contributed by atoms with Crippen LogP contribution in [0.15, 0.2) is 0 Å². The van der Waals surface area contributed by atoms with Crippen LogP contribution in [0, 0.1) is 0 Å². The molecule has 0 aliphatic carbocycles. The first-order valence-corrected chi connectivity index (χ1v) is 6.19. The van der Waals surface area contributed by atoms with Crippen molar-refractivity contribution in [1.29, 1.82) is 0 Å². The molecule has 0 rings (SSSR count). The van der Waals surface area contributed by atoms with E-state index >= 15 is 0 Å². The van der Waals surface area contributed by atoms with Crippen LogP contribution in [-0.2, 0) is 14.6 Å². The topological polar surface area (TPSA) is 80.5 Å². The van der Waals surface area contributed by atoms with Gasteiger partial charge >= 0.3 is 0 Å². The van der Waals surface area contributed by atoms with Crippen molar-refractivity contribution in [2.24, 2.45) is 5.73 Å². The minimum atomic E-state index is -3.40. The van der Waals surface area contributed by atoms with Gasteiger partial charge in [0.2, 0.25) is 5.91 Å². The molecule has 2 N–H and O–H groups in total. The Bertz CT molecular complexity index is 309. The van der Waals surface area contributed by atoms with Gasteiger partial charge in [0.25, 0.3) is 0 Å². The van der Waals surface area contributed by atoms with E-state index in [0.29, 0.717) is 13.1 Å². The molecule has 14 heavy (non-hydrogen) atoms. The van der Waals surface area contributed by atoms with Crippen LogP contribution in [-0.4, -0.2) is 50.4 Å². The highest BCUT2D eigenvalue weighted by Crippen LogP contribution is 2.17. The van der Waals surface area contributed by atoms with E-state index in [1.165, 1.54) is 18.7 Å². The molecule has 0 aromatic rings. The van der Waals surface area contributed by atoms with Crippen molar-refractivity contribution >= 4 is 15.7 Å². The van der Waals surface area contributed by atoms with E-state index in [-0.39, 0.29) is 0 Å². The molecule has 0 heterocycles. The molecule has 0 saturated carbocycles. The van der Waals surface area contributed by atoms with Crippen molar-refractivity contribution in [3.63, 3.8) is 0 Å². The second-order valence-corrected chi connectivity index (χ2v) is 6.36. The maximum atomic E-state index is 11.7. The lowest BCUT2D eigenvalue weighted by atomic mass is 10.2. The number of nitrogens with zero attached hydrogens (tertiary/aromatic N) is 1. The second kappa shape index (κ2) is 4.27. The molecule has 0 bridgehead atoms. The van der Waals surface area contributed by atoms with E-state index in [1.807, 2.05) is 0 Å². The molecule has 0 saturated heterocycles. The number of carbonyl (C=O) groups excluding carboxylic acids is 1. The summed E-state index contributed by atoms with van der Waals surface area (Å²) in [5, 5.41) is 0. The minimum absolute atomic E-state index is 0.322. The zero-order valence-corrected chi connectivity index (χ0v) is 9.89. The van der Waals surface area contributed by atoms with Crippen molar-refractivity contribution in [3.8, 4) is 0 Å². The Kier molecular flexibility index (Phi) is 4.08. The zero-order valence-electron chi connectivity index (χ0n) is 9.07. The van der Waals surface area contributed by atoms with Gasteiger partial charge in [0, 0.05) is 26.4 Å². The molecule has 0 unspecified atom stereocenters. The largest absolute Gasteiger partial charge is 0.343 e. The third-order valence-electron chi connectivity index (χ3n) is 2.25. The van der Waals surface area contributed by atoms with Crippen LogP contribution < -0.4 is 5.73 Å². The molecular formula is C8H18N2O3S. The van der Waals surface area contributed by atoms with Gasteiger partial charge in [-0.3, -0.25) is 4.79 Å². The first-order chi connectivity index (χ1) is 6.14. The third-order valence-corrected chi connectivity index (χ3v) is 4.28. The summed E-state index contributed by atoms with van der Waals surface area (Å²) in [7, 11) is -1.85. The Balaban J connectivity index is 4.86. The van der Waals surface area contributed by atoms with Gasteiger partial charge in [0.1, 0.15) is 4.75 Å². The Hall–Kier alpha value is -0.620. The molecule has 0 aromatic carbocycles. The van der Waals surface area contributed by atoms with Gasteiger partial charge in [-0.05, 0) is 13.8 Å². The lowest BCUT2D eigenvalue weighted by molar-refractivity contribution is -0.131. The van der Waals surface area contributed by atoms with Crippen molar-refractivity contribution in [2.75, 3.05) is 26.4 Å². The summed E-state index contributed by atoms with van der Waals surface area (Å²) in [4.78, 5) is 13.0. The van der Waals surface area contributed by atoms with Gasteiger partial charge in [0.15, 0.2) is 9.84 Å². The van der Waals surface area contributed by atoms with Gasteiger partial charge in [-0.1, -0.05) is 0 Å². The maximum absolute atomic E-state index is 11.7. The van der Waals surface area contributed by atoms with Crippen LogP contribution >= 0.6 is 0 Å². The van der Waals surface area contributed by atoms with Crippen LogP contribution in [0.3, 0.4) is 0 Å². The number of likely N-dealkylation sites (N-methyl/N-ethyl adjacent to an activating group) is 1. The maximum Gasteiger partial charge on any atom is 0.243 e.